The van der Waals surface area contributed by atoms with Crippen LogP contribution in [0.1, 0.15) is 25.9 Å². The van der Waals surface area contributed by atoms with Gasteiger partial charge in [-0.05, 0) is 18.2 Å². The van der Waals surface area contributed by atoms with Gasteiger partial charge in [-0.25, -0.2) is 4.98 Å². The van der Waals surface area contributed by atoms with E-state index in [-0.39, 0.29) is 24.2 Å². The predicted molar refractivity (Wildman–Crippen MR) is 98.4 cm³/mol. The Hall–Kier alpha value is -2.00. The van der Waals surface area contributed by atoms with Crippen molar-refractivity contribution < 1.29 is 14.3 Å². The number of nitrogens with two attached hydrogens (primary N) is 1. The van der Waals surface area contributed by atoms with E-state index in [9.17, 15) is 9.59 Å². The van der Waals surface area contributed by atoms with Crippen LogP contribution in [0.4, 0.5) is 5.69 Å². The molecule has 0 atom stereocenters. The number of amides is 2. The summed E-state index contributed by atoms with van der Waals surface area (Å²) in [4.78, 5) is 30.6. The standard InChI is InChI=1S/C16H18N4O3S.ClH/c17-9-14-19-13(10-24-14)15(21)18-12-3-1-2-11(8-12)16(22)20-4-6-23-7-5-20;/h1-3,8,10H,4-7,9,17H2,(H,18,21);1H. The Morgan fingerprint density at radius 1 is 1.32 bits per heavy atom. The molecule has 0 radical (unpaired) electrons. The van der Waals surface area contributed by atoms with Crippen LogP contribution < -0.4 is 11.1 Å². The van der Waals surface area contributed by atoms with Gasteiger partial charge in [0.15, 0.2) is 0 Å². The molecule has 0 spiro atoms. The summed E-state index contributed by atoms with van der Waals surface area (Å²) in [5, 5.41) is 5.13. The maximum absolute atomic E-state index is 12.5. The SMILES string of the molecule is Cl.NCc1nc(C(=O)Nc2cccc(C(=O)N3CCOCC3)c2)cs1. The molecule has 9 heteroatoms. The van der Waals surface area contributed by atoms with Gasteiger partial charge in [0.25, 0.3) is 11.8 Å². The molecule has 0 bridgehead atoms. The lowest BCUT2D eigenvalue weighted by atomic mass is 10.1. The summed E-state index contributed by atoms with van der Waals surface area (Å²) in [6.07, 6.45) is 0. The third-order valence-corrected chi connectivity index (χ3v) is 4.50. The second-order valence-electron chi connectivity index (χ2n) is 5.27. The van der Waals surface area contributed by atoms with E-state index < -0.39 is 0 Å². The van der Waals surface area contributed by atoms with Gasteiger partial charge in [-0.15, -0.1) is 23.7 Å². The zero-order chi connectivity index (χ0) is 16.9. The molecule has 25 heavy (non-hydrogen) atoms. The number of hydrogen-bond acceptors (Lipinski definition) is 6. The highest BCUT2D eigenvalue weighted by Crippen LogP contribution is 2.16. The van der Waals surface area contributed by atoms with Gasteiger partial charge in [0.2, 0.25) is 0 Å². The first-order valence-corrected chi connectivity index (χ1v) is 8.48. The number of rotatable bonds is 4. The molecule has 1 aliphatic rings. The minimum atomic E-state index is -0.318. The molecule has 3 rings (SSSR count). The molecule has 7 nitrogen and oxygen atoms in total. The Kier molecular flexibility index (Phi) is 6.89. The lowest BCUT2D eigenvalue weighted by Crippen LogP contribution is -2.40. The van der Waals surface area contributed by atoms with Crippen molar-refractivity contribution in [2.45, 2.75) is 6.54 Å². The van der Waals surface area contributed by atoms with Crippen LogP contribution in [-0.4, -0.2) is 48.0 Å². The fraction of sp³-hybridized carbons (Fsp3) is 0.312. The van der Waals surface area contributed by atoms with Gasteiger partial charge in [-0.1, -0.05) is 6.07 Å². The lowest BCUT2D eigenvalue weighted by Gasteiger charge is -2.27. The molecule has 1 fully saturated rings. The van der Waals surface area contributed by atoms with E-state index in [4.69, 9.17) is 10.5 Å². The number of aromatic nitrogens is 1. The summed E-state index contributed by atoms with van der Waals surface area (Å²) in [5.74, 6) is -0.379. The molecule has 1 aromatic carbocycles. The molecule has 2 aromatic rings. The highest BCUT2D eigenvalue weighted by atomic mass is 35.5. The van der Waals surface area contributed by atoms with Crippen LogP contribution in [0, 0.1) is 0 Å². The van der Waals surface area contributed by atoms with Crippen molar-refractivity contribution in [2.24, 2.45) is 5.73 Å². The summed E-state index contributed by atoms with van der Waals surface area (Å²) >= 11 is 1.35. The summed E-state index contributed by atoms with van der Waals surface area (Å²) in [5.41, 5.74) is 6.92. The molecule has 2 amide bonds. The number of nitrogens with zero attached hydrogens (tertiary/aromatic N) is 2. The van der Waals surface area contributed by atoms with Crippen molar-refractivity contribution in [2.75, 3.05) is 31.6 Å². The van der Waals surface area contributed by atoms with Crippen molar-refractivity contribution in [3.8, 4) is 0 Å². The largest absolute Gasteiger partial charge is 0.378 e. The van der Waals surface area contributed by atoms with Gasteiger partial charge in [0, 0.05) is 36.3 Å². The normalized spacial score (nSPS) is 13.9. The summed E-state index contributed by atoms with van der Waals surface area (Å²) in [7, 11) is 0. The Labute approximate surface area is 155 Å². The second kappa shape index (κ2) is 8.91. The van der Waals surface area contributed by atoms with Gasteiger partial charge >= 0.3 is 0 Å². The Morgan fingerprint density at radius 3 is 2.76 bits per heavy atom. The Balaban J connectivity index is 0.00000225. The maximum atomic E-state index is 12.5. The van der Waals surface area contributed by atoms with Crippen molar-refractivity contribution in [3.63, 3.8) is 0 Å². The topological polar surface area (TPSA) is 97.5 Å². The van der Waals surface area contributed by atoms with Crippen LogP contribution in [0.15, 0.2) is 29.6 Å². The van der Waals surface area contributed by atoms with Crippen LogP contribution in [0.3, 0.4) is 0 Å². The van der Waals surface area contributed by atoms with Crippen molar-refractivity contribution in [1.29, 1.82) is 0 Å². The average Bonchev–Trinajstić information content (AvgIpc) is 3.11. The molecule has 0 unspecified atom stereocenters. The first-order valence-electron chi connectivity index (χ1n) is 7.60. The number of carbonyl (C=O) groups excluding carboxylic acids is 2. The number of benzene rings is 1. The highest BCUT2D eigenvalue weighted by molar-refractivity contribution is 7.09. The smallest absolute Gasteiger partial charge is 0.275 e. The molecule has 134 valence electrons. The highest BCUT2D eigenvalue weighted by Gasteiger charge is 2.19. The minimum Gasteiger partial charge on any atom is -0.378 e. The van der Waals surface area contributed by atoms with E-state index in [1.54, 1.807) is 34.5 Å². The molecule has 3 N–H and O–H groups in total. The van der Waals surface area contributed by atoms with E-state index in [1.807, 2.05) is 0 Å². The van der Waals surface area contributed by atoms with E-state index in [1.165, 1.54) is 11.3 Å². The predicted octanol–water partition coefficient (Wildman–Crippen LogP) is 1.75. The monoisotopic (exact) mass is 382 g/mol. The van der Waals surface area contributed by atoms with Crippen LogP contribution in [-0.2, 0) is 11.3 Å². The molecule has 1 saturated heterocycles. The molecular formula is C16H19ClN4O3S. The third-order valence-electron chi connectivity index (χ3n) is 3.62. The zero-order valence-corrected chi connectivity index (χ0v) is 15.1. The van der Waals surface area contributed by atoms with Gasteiger partial charge in [-0.2, -0.15) is 0 Å². The van der Waals surface area contributed by atoms with E-state index in [0.29, 0.717) is 54.8 Å². The number of halogens is 1. The van der Waals surface area contributed by atoms with Gasteiger partial charge in [0.1, 0.15) is 10.7 Å². The summed E-state index contributed by atoms with van der Waals surface area (Å²) < 4.78 is 5.26. The lowest BCUT2D eigenvalue weighted by molar-refractivity contribution is 0.0303. The molecule has 2 heterocycles. The summed E-state index contributed by atoms with van der Waals surface area (Å²) in [6, 6.07) is 6.90. The number of morpholine rings is 1. The fourth-order valence-corrected chi connectivity index (χ4v) is 3.04. The number of thiazole rings is 1. The average molecular weight is 383 g/mol. The fourth-order valence-electron chi connectivity index (χ4n) is 2.38. The number of nitrogens with one attached hydrogen (secondary N) is 1. The van der Waals surface area contributed by atoms with Gasteiger partial charge in [0.05, 0.1) is 13.2 Å². The van der Waals surface area contributed by atoms with Gasteiger partial charge < -0.3 is 20.7 Å². The summed E-state index contributed by atoms with van der Waals surface area (Å²) in [6.45, 7) is 2.57. The molecule has 1 aliphatic heterocycles. The Morgan fingerprint density at radius 2 is 2.08 bits per heavy atom. The number of hydrogen-bond donors (Lipinski definition) is 2. The number of ether oxygens (including phenoxy) is 1. The second-order valence-corrected chi connectivity index (χ2v) is 6.21. The van der Waals surface area contributed by atoms with Crippen molar-refractivity contribution in [1.82, 2.24) is 9.88 Å². The minimum absolute atomic E-state index is 0. The first-order chi connectivity index (χ1) is 11.7. The Bertz CT molecular complexity index is 746. The molecule has 0 saturated carbocycles. The third kappa shape index (κ3) is 4.76. The van der Waals surface area contributed by atoms with Crippen molar-refractivity contribution >= 4 is 41.2 Å². The van der Waals surface area contributed by atoms with E-state index in [0.717, 1.165) is 0 Å². The van der Waals surface area contributed by atoms with Crippen LogP contribution in [0.25, 0.3) is 0 Å². The van der Waals surface area contributed by atoms with Crippen LogP contribution in [0.5, 0.6) is 0 Å². The van der Waals surface area contributed by atoms with E-state index >= 15 is 0 Å². The number of anilines is 1. The maximum Gasteiger partial charge on any atom is 0.275 e. The van der Waals surface area contributed by atoms with Gasteiger partial charge in [-0.3, -0.25) is 9.59 Å². The van der Waals surface area contributed by atoms with Crippen LogP contribution >= 0.6 is 23.7 Å². The zero-order valence-electron chi connectivity index (χ0n) is 13.4. The molecular weight excluding hydrogens is 364 g/mol. The van der Waals surface area contributed by atoms with Crippen molar-refractivity contribution in [3.05, 3.63) is 45.9 Å². The van der Waals surface area contributed by atoms with Crippen LogP contribution in [0.2, 0.25) is 0 Å². The quantitative estimate of drug-likeness (QED) is 0.839. The first kappa shape index (κ1) is 19.3. The number of carbonyl (C=O) groups is 2. The molecule has 1 aromatic heterocycles. The molecule has 0 aliphatic carbocycles. The van der Waals surface area contributed by atoms with E-state index in [2.05, 4.69) is 10.3 Å².